The number of rotatable bonds is 2. The first-order valence-electron chi connectivity index (χ1n) is 6.43. The zero-order chi connectivity index (χ0) is 15.9. The highest BCUT2D eigenvalue weighted by molar-refractivity contribution is 7.87. The maximum atomic E-state index is 12.2. The summed E-state index contributed by atoms with van der Waals surface area (Å²) in [5, 5.41) is 0. The van der Waals surface area contributed by atoms with E-state index in [1.165, 1.54) is 6.08 Å². The maximum absolute atomic E-state index is 12.2. The molecular formula is C12H17F3O5S. The predicted molar refractivity (Wildman–Crippen MR) is 66.4 cm³/mol. The third kappa shape index (κ3) is 3.70. The molecule has 1 aliphatic carbocycles. The summed E-state index contributed by atoms with van der Waals surface area (Å²) < 4.78 is 74.0. The van der Waals surface area contributed by atoms with Crippen LogP contribution in [-0.2, 0) is 23.8 Å². The Balaban J connectivity index is 2.00. The summed E-state index contributed by atoms with van der Waals surface area (Å²) in [6, 6.07) is 0. The van der Waals surface area contributed by atoms with Crippen molar-refractivity contribution in [3.05, 3.63) is 11.8 Å². The SMILES string of the molecule is CC1(C)COC2(CC=C(OS(=O)(=O)C(F)(F)F)CC2)OC1. The van der Waals surface area contributed by atoms with Gasteiger partial charge in [0.15, 0.2) is 5.79 Å². The van der Waals surface area contributed by atoms with Crippen molar-refractivity contribution < 1.29 is 35.2 Å². The lowest BCUT2D eigenvalue weighted by molar-refractivity contribution is -0.301. The monoisotopic (exact) mass is 330 g/mol. The van der Waals surface area contributed by atoms with Crippen LogP contribution in [0.1, 0.15) is 33.1 Å². The molecule has 21 heavy (non-hydrogen) atoms. The van der Waals surface area contributed by atoms with E-state index in [4.69, 9.17) is 9.47 Å². The summed E-state index contributed by atoms with van der Waals surface area (Å²) in [7, 11) is -5.61. The van der Waals surface area contributed by atoms with Crippen molar-refractivity contribution in [2.75, 3.05) is 13.2 Å². The van der Waals surface area contributed by atoms with Crippen LogP contribution in [0, 0.1) is 5.41 Å². The smallest absolute Gasteiger partial charge is 0.381 e. The summed E-state index contributed by atoms with van der Waals surface area (Å²) in [5.74, 6) is -1.11. The normalized spacial score (nSPS) is 25.5. The zero-order valence-corrected chi connectivity index (χ0v) is 12.5. The van der Waals surface area contributed by atoms with Gasteiger partial charge in [-0.2, -0.15) is 21.6 Å². The summed E-state index contributed by atoms with van der Waals surface area (Å²) >= 11 is 0. The van der Waals surface area contributed by atoms with E-state index >= 15 is 0 Å². The molecule has 1 fully saturated rings. The van der Waals surface area contributed by atoms with Crippen LogP contribution in [0.15, 0.2) is 11.8 Å². The Bertz CT molecular complexity index is 526. The van der Waals surface area contributed by atoms with Crippen LogP contribution >= 0.6 is 0 Å². The molecule has 0 radical (unpaired) electrons. The van der Waals surface area contributed by atoms with Crippen molar-refractivity contribution in [2.24, 2.45) is 5.41 Å². The summed E-state index contributed by atoms with van der Waals surface area (Å²) in [4.78, 5) is 0. The Morgan fingerprint density at radius 2 is 1.81 bits per heavy atom. The number of ether oxygens (including phenoxy) is 2. The molecule has 0 aromatic heterocycles. The lowest BCUT2D eigenvalue weighted by Crippen LogP contribution is -2.48. The molecule has 0 unspecified atom stereocenters. The van der Waals surface area contributed by atoms with E-state index in [9.17, 15) is 21.6 Å². The average molecular weight is 330 g/mol. The van der Waals surface area contributed by atoms with Crippen molar-refractivity contribution in [1.29, 1.82) is 0 Å². The second-order valence-electron chi connectivity index (χ2n) is 6.01. The molecule has 0 bridgehead atoms. The Kier molecular flexibility index (Phi) is 4.05. The van der Waals surface area contributed by atoms with Crippen molar-refractivity contribution >= 4 is 10.1 Å². The lowest BCUT2D eigenvalue weighted by atomic mass is 9.91. The van der Waals surface area contributed by atoms with Gasteiger partial charge >= 0.3 is 15.6 Å². The van der Waals surface area contributed by atoms with Gasteiger partial charge < -0.3 is 13.7 Å². The van der Waals surface area contributed by atoms with E-state index in [1.807, 2.05) is 13.8 Å². The molecule has 0 aromatic carbocycles. The van der Waals surface area contributed by atoms with Gasteiger partial charge in [0.1, 0.15) is 5.76 Å². The van der Waals surface area contributed by atoms with E-state index in [2.05, 4.69) is 4.18 Å². The van der Waals surface area contributed by atoms with Crippen LogP contribution in [0.5, 0.6) is 0 Å². The largest absolute Gasteiger partial charge is 0.534 e. The van der Waals surface area contributed by atoms with Crippen LogP contribution in [0.3, 0.4) is 0 Å². The van der Waals surface area contributed by atoms with E-state index in [0.29, 0.717) is 13.2 Å². The lowest BCUT2D eigenvalue weighted by Gasteiger charge is -2.44. The predicted octanol–water partition coefficient (Wildman–Crippen LogP) is 2.69. The Morgan fingerprint density at radius 1 is 1.24 bits per heavy atom. The quantitative estimate of drug-likeness (QED) is 0.575. The summed E-state index contributed by atoms with van der Waals surface area (Å²) in [5.41, 5.74) is -5.55. The van der Waals surface area contributed by atoms with Gasteiger partial charge in [0.05, 0.1) is 13.2 Å². The molecule has 1 heterocycles. The first kappa shape index (κ1) is 16.6. The Morgan fingerprint density at radius 3 is 2.24 bits per heavy atom. The van der Waals surface area contributed by atoms with E-state index in [-0.39, 0.29) is 30.4 Å². The second-order valence-corrected chi connectivity index (χ2v) is 7.55. The molecule has 1 saturated heterocycles. The van der Waals surface area contributed by atoms with Crippen LogP contribution in [-0.4, -0.2) is 32.9 Å². The zero-order valence-electron chi connectivity index (χ0n) is 11.7. The van der Waals surface area contributed by atoms with Crippen LogP contribution < -0.4 is 0 Å². The highest BCUT2D eigenvalue weighted by Gasteiger charge is 2.49. The fourth-order valence-electron chi connectivity index (χ4n) is 2.05. The van der Waals surface area contributed by atoms with Crippen molar-refractivity contribution in [3.63, 3.8) is 0 Å². The van der Waals surface area contributed by atoms with E-state index in [0.717, 1.165) is 0 Å². The summed E-state index contributed by atoms with van der Waals surface area (Å²) in [6.45, 7) is 4.89. The van der Waals surface area contributed by atoms with Gasteiger partial charge in [-0.25, -0.2) is 0 Å². The molecule has 9 heteroatoms. The van der Waals surface area contributed by atoms with Crippen LogP contribution in [0.2, 0.25) is 0 Å². The summed E-state index contributed by atoms with van der Waals surface area (Å²) in [6.07, 6.45) is 1.70. The Hall–Kier alpha value is -0.800. The van der Waals surface area contributed by atoms with Crippen molar-refractivity contribution in [3.8, 4) is 0 Å². The third-order valence-corrected chi connectivity index (χ3v) is 4.35. The average Bonchev–Trinajstić information content (AvgIpc) is 2.35. The van der Waals surface area contributed by atoms with Crippen molar-refractivity contribution in [2.45, 2.75) is 44.4 Å². The second kappa shape index (κ2) is 5.13. The molecule has 2 rings (SSSR count). The van der Waals surface area contributed by atoms with Gasteiger partial charge in [-0.15, -0.1) is 0 Å². The number of halogens is 3. The van der Waals surface area contributed by atoms with Gasteiger partial charge in [-0.05, 0) is 6.08 Å². The van der Waals surface area contributed by atoms with Gasteiger partial charge in [-0.1, -0.05) is 13.8 Å². The van der Waals surface area contributed by atoms with Gasteiger partial charge in [0.2, 0.25) is 0 Å². The molecular weight excluding hydrogens is 313 g/mol. The molecule has 0 amide bonds. The number of allylic oxidation sites excluding steroid dienone is 1. The molecule has 2 aliphatic rings. The molecule has 0 N–H and O–H groups in total. The molecule has 0 atom stereocenters. The topological polar surface area (TPSA) is 61.8 Å². The first-order chi connectivity index (χ1) is 9.45. The first-order valence-corrected chi connectivity index (χ1v) is 7.83. The standard InChI is InChI=1S/C12H17F3O5S/c1-10(2)7-18-11(19-8-10)5-3-9(4-6-11)20-21(16,17)12(13,14)15/h3H,4-8H2,1-2H3. The maximum Gasteiger partial charge on any atom is 0.534 e. The minimum atomic E-state index is -5.61. The van der Waals surface area contributed by atoms with E-state index in [1.54, 1.807) is 0 Å². The third-order valence-electron chi connectivity index (χ3n) is 3.35. The molecule has 0 aromatic rings. The van der Waals surface area contributed by atoms with Gasteiger partial charge in [-0.3, -0.25) is 0 Å². The minimum absolute atomic E-state index is 0.00966. The highest BCUT2D eigenvalue weighted by Crippen LogP contribution is 2.39. The fraction of sp³-hybridized carbons (Fsp3) is 0.833. The number of hydrogen-bond acceptors (Lipinski definition) is 5. The molecule has 1 aliphatic heterocycles. The Labute approximate surface area is 121 Å². The molecule has 0 saturated carbocycles. The van der Waals surface area contributed by atoms with Crippen LogP contribution in [0.4, 0.5) is 13.2 Å². The number of hydrogen-bond donors (Lipinski definition) is 0. The molecule has 122 valence electrons. The molecule has 1 spiro atoms. The van der Waals surface area contributed by atoms with E-state index < -0.39 is 21.4 Å². The van der Waals surface area contributed by atoms with Gasteiger partial charge in [0, 0.05) is 24.7 Å². The van der Waals surface area contributed by atoms with Crippen LogP contribution in [0.25, 0.3) is 0 Å². The minimum Gasteiger partial charge on any atom is -0.381 e. The van der Waals surface area contributed by atoms with Crippen molar-refractivity contribution in [1.82, 2.24) is 0 Å². The van der Waals surface area contributed by atoms with Gasteiger partial charge in [0.25, 0.3) is 0 Å². The fourth-order valence-corrected chi connectivity index (χ4v) is 2.58. The molecule has 5 nitrogen and oxygen atoms in total. The highest BCUT2D eigenvalue weighted by atomic mass is 32.2. The number of alkyl halides is 3.